The van der Waals surface area contributed by atoms with Gasteiger partial charge in [-0.15, -0.1) is 11.3 Å². The summed E-state index contributed by atoms with van der Waals surface area (Å²) in [7, 11) is 0. The average molecular weight is 416 g/mol. The number of aromatic nitrogens is 3. The molecule has 1 atom stereocenters. The number of carbonyl (C=O) groups is 1. The fourth-order valence-corrected chi connectivity index (χ4v) is 4.69. The average Bonchev–Trinajstić information content (AvgIpc) is 3.13. The lowest BCUT2D eigenvalue weighted by atomic mass is 10.1. The highest BCUT2D eigenvalue weighted by Crippen LogP contribution is 2.38. The van der Waals surface area contributed by atoms with Crippen molar-refractivity contribution in [2.24, 2.45) is 0 Å². The third-order valence-corrected chi connectivity index (χ3v) is 6.16. The quantitative estimate of drug-likeness (QED) is 0.513. The lowest BCUT2D eigenvalue weighted by molar-refractivity contribution is -0.121. The highest BCUT2D eigenvalue weighted by molar-refractivity contribution is 7.17. The van der Waals surface area contributed by atoms with Crippen LogP contribution in [0.1, 0.15) is 19.3 Å². The Bertz CT molecular complexity index is 1180. The molecule has 0 spiro atoms. The Morgan fingerprint density at radius 1 is 1.03 bits per heavy atom. The van der Waals surface area contributed by atoms with Crippen LogP contribution in [0.5, 0.6) is 0 Å². The van der Waals surface area contributed by atoms with E-state index in [1.807, 2.05) is 30.3 Å². The van der Waals surface area contributed by atoms with Crippen LogP contribution in [0.25, 0.3) is 32.7 Å². The van der Waals surface area contributed by atoms with Crippen molar-refractivity contribution < 1.29 is 4.79 Å². The third-order valence-electron chi connectivity index (χ3n) is 5.28. The summed E-state index contributed by atoms with van der Waals surface area (Å²) in [6.07, 6.45) is 6.27. The monoisotopic (exact) mass is 415 g/mol. The molecule has 1 aliphatic rings. The highest BCUT2D eigenvalue weighted by atomic mass is 32.1. The topological polar surface area (TPSA) is 79.8 Å². The number of anilines is 1. The first-order valence-electron chi connectivity index (χ1n) is 10.1. The molecule has 1 aliphatic heterocycles. The summed E-state index contributed by atoms with van der Waals surface area (Å²) in [5.41, 5.74) is 3.03. The summed E-state index contributed by atoms with van der Waals surface area (Å²) >= 11 is 1.59. The number of hydrogen-bond acceptors (Lipinski definition) is 6. The van der Waals surface area contributed by atoms with Crippen molar-refractivity contribution in [3.8, 4) is 22.5 Å². The highest BCUT2D eigenvalue weighted by Gasteiger charge is 2.24. The zero-order valence-electron chi connectivity index (χ0n) is 16.3. The van der Waals surface area contributed by atoms with Gasteiger partial charge in [0, 0.05) is 35.4 Å². The minimum atomic E-state index is -0.309. The van der Waals surface area contributed by atoms with Crippen LogP contribution in [-0.4, -0.2) is 33.4 Å². The standard InChI is InChI=1S/C23H21N5OS/c29-22-18(10-4-5-12-25-22)26-21-19-17(15-7-2-1-3-8-15)14-30-23(19)28-20(27-21)16-9-6-11-24-13-16/h1-3,6-9,11,13-14,18H,4-5,10,12H2,(H,25,29)(H,26,27,28)/t18-/m0/s1. The maximum atomic E-state index is 12.6. The molecular weight excluding hydrogens is 394 g/mol. The Morgan fingerprint density at radius 3 is 2.73 bits per heavy atom. The van der Waals surface area contributed by atoms with Crippen LogP contribution in [0.15, 0.2) is 60.2 Å². The molecule has 1 saturated heterocycles. The molecular formula is C23H21N5OS. The Morgan fingerprint density at radius 2 is 1.90 bits per heavy atom. The van der Waals surface area contributed by atoms with Gasteiger partial charge in [0.2, 0.25) is 5.91 Å². The van der Waals surface area contributed by atoms with Crippen molar-refractivity contribution in [1.29, 1.82) is 0 Å². The maximum Gasteiger partial charge on any atom is 0.242 e. The Labute approximate surface area is 178 Å². The van der Waals surface area contributed by atoms with E-state index in [4.69, 9.17) is 9.97 Å². The van der Waals surface area contributed by atoms with Gasteiger partial charge < -0.3 is 10.6 Å². The Kier molecular flexibility index (Phi) is 5.11. The number of pyridine rings is 1. The number of nitrogens with zero attached hydrogens (tertiary/aromatic N) is 3. The first kappa shape index (κ1) is 18.7. The molecule has 4 aromatic rings. The van der Waals surface area contributed by atoms with Crippen LogP contribution in [0.4, 0.5) is 5.82 Å². The van der Waals surface area contributed by atoms with E-state index in [9.17, 15) is 4.79 Å². The van der Waals surface area contributed by atoms with Gasteiger partial charge >= 0.3 is 0 Å². The zero-order valence-corrected chi connectivity index (χ0v) is 17.2. The van der Waals surface area contributed by atoms with E-state index in [0.29, 0.717) is 11.6 Å². The van der Waals surface area contributed by atoms with E-state index in [1.54, 1.807) is 23.7 Å². The van der Waals surface area contributed by atoms with Crippen molar-refractivity contribution >= 4 is 33.3 Å². The van der Waals surface area contributed by atoms with Crippen LogP contribution >= 0.6 is 11.3 Å². The molecule has 1 aromatic carbocycles. The van der Waals surface area contributed by atoms with Crippen LogP contribution in [0, 0.1) is 0 Å². The second-order valence-electron chi connectivity index (χ2n) is 7.32. The van der Waals surface area contributed by atoms with Gasteiger partial charge in [0.25, 0.3) is 0 Å². The van der Waals surface area contributed by atoms with Crippen molar-refractivity contribution in [3.63, 3.8) is 0 Å². The van der Waals surface area contributed by atoms with E-state index < -0.39 is 0 Å². The van der Waals surface area contributed by atoms with Gasteiger partial charge in [-0.05, 0) is 37.0 Å². The molecule has 0 saturated carbocycles. The number of rotatable bonds is 4. The smallest absolute Gasteiger partial charge is 0.242 e. The number of hydrogen-bond donors (Lipinski definition) is 2. The van der Waals surface area contributed by atoms with Gasteiger partial charge in [-0.3, -0.25) is 9.78 Å². The molecule has 5 rings (SSSR count). The molecule has 3 aromatic heterocycles. The molecule has 0 bridgehead atoms. The first-order chi connectivity index (χ1) is 14.8. The van der Waals surface area contributed by atoms with Crippen molar-refractivity contribution in [1.82, 2.24) is 20.3 Å². The van der Waals surface area contributed by atoms with E-state index in [0.717, 1.165) is 52.7 Å². The predicted molar refractivity (Wildman–Crippen MR) is 120 cm³/mol. The zero-order chi connectivity index (χ0) is 20.3. The fraction of sp³-hybridized carbons (Fsp3) is 0.217. The number of carbonyl (C=O) groups excluding carboxylic acids is 1. The van der Waals surface area contributed by atoms with Gasteiger partial charge in [-0.1, -0.05) is 30.3 Å². The molecule has 4 heterocycles. The van der Waals surface area contributed by atoms with E-state index in [1.165, 1.54) is 0 Å². The lowest BCUT2D eigenvalue weighted by Gasteiger charge is -2.17. The van der Waals surface area contributed by atoms with Gasteiger partial charge in [0.15, 0.2) is 5.82 Å². The number of nitrogens with one attached hydrogen (secondary N) is 2. The summed E-state index contributed by atoms with van der Waals surface area (Å²) in [6, 6.07) is 13.7. The molecule has 150 valence electrons. The van der Waals surface area contributed by atoms with Crippen molar-refractivity contribution in [2.45, 2.75) is 25.3 Å². The lowest BCUT2D eigenvalue weighted by Crippen LogP contribution is -2.38. The first-order valence-corrected chi connectivity index (χ1v) is 11.0. The van der Waals surface area contributed by atoms with Crippen LogP contribution in [0.3, 0.4) is 0 Å². The summed E-state index contributed by atoms with van der Waals surface area (Å²) in [4.78, 5) is 27.3. The molecule has 0 radical (unpaired) electrons. The SMILES string of the molecule is O=C1NCCCC[C@@H]1Nc1nc(-c2cccnc2)nc2scc(-c3ccccc3)c12. The summed E-state index contributed by atoms with van der Waals surface area (Å²) in [5, 5.41) is 9.51. The Hall–Kier alpha value is -3.32. The largest absolute Gasteiger partial charge is 0.358 e. The number of thiophene rings is 1. The number of benzene rings is 1. The molecule has 0 aliphatic carbocycles. The second kappa shape index (κ2) is 8.20. The van der Waals surface area contributed by atoms with Crippen LogP contribution in [-0.2, 0) is 4.79 Å². The van der Waals surface area contributed by atoms with Crippen molar-refractivity contribution in [3.05, 3.63) is 60.2 Å². The molecule has 30 heavy (non-hydrogen) atoms. The maximum absolute atomic E-state index is 12.6. The number of fused-ring (bicyclic) bond motifs is 1. The van der Waals surface area contributed by atoms with E-state index >= 15 is 0 Å². The second-order valence-corrected chi connectivity index (χ2v) is 8.17. The van der Waals surface area contributed by atoms with Gasteiger partial charge in [0.05, 0.1) is 5.39 Å². The number of amides is 1. The van der Waals surface area contributed by atoms with E-state index in [2.05, 4.69) is 33.1 Å². The minimum Gasteiger partial charge on any atom is -0.358 e. The van der Waals surface area contributed by atoms with Gasteiger partial charge in [-0.2, -0.15) is 0 Å². The molecule has 6 nitrogen and oxygen atoms in total. The van der Waals surface area contributed by atoms with Crippen LogP contribution in [0.2, 0.25) is 0 Å². The summed E-state index contributed by atoms with van der Waals surface area (Å²) < 4.78 is 0. The Balaban J connectivity index is 1.66. The fourth-order valence-electron chi connectivity index (χ4n) is 3.74. The van der Waals surface area contributed by atoms with Gasteiger partial charge in [0.1, 0.15) is 16.7 Å². The molecule has 1 fully saturated rings. The van der Waals surface area contributed by atoms with Gasteiger partial charge in [-0.25, -0.2) is 9.97 Å². The van der Waals surface area contributed by atoms with E-state index in [-0.39, 0.29) is 11.9 Å². The van der Waals surface area contributed by atoms with Crippen molar-refractivity contribution in [2.75, 3.05) is 11.9 Å². The minimum absolute atomic E-state index is 0.0266. The normalized spacial score (nSPS) is 16.8. The molecule has 2 N–H and O–H groups in total. The predicted octanol–water partition coefficient (Wildman–Crippen LogP) is 4.50. The third kappa shape index (κ3) is 3.64. The molecule has 1 amide bonds. The summed E-state index contributed by atoms with van der Waals surface area (Å²) in [5.74, 6) is 1.33. The molecule has 0 unspecified atom stereocenters. The summed E-state index contributed by atoms with van der Waals surface area (Å²) in [6.45, 7) is 0.727. The molecule has 7 heteroatoms. The van der Waals surface area contributed by atoms with Crippen LogP contribution < -0.4 is 10.6 Å².